The number of benzene rings is 2. The zero-order valence-corrected chi connectivity index (χ0v) is 11.0. The molecule has 0 bridgehead atoms. The van der Waals surface area contributed by atoms with Gasteiger partial charge in [-0.1, -0.05) is 18.2 Å². The van der Waals surface area contributed by atoms with E-state index in [9.17, 15) is 9.90 Å². The molecule has 4 aromatic rings. The van der Waals surface area contributed by atoms with Gasteiger partial charge in [-0.25, -0.2) is 0 Å². The Morgan fingerprint density at radius 1 is 1.00 bits per heavy atom. The number of rotatable bonds is 1. The van der Waals surface area contributed by atoms with Gasteiger partial charge in [0.05, 0.1) is 5.39 Å². The Labute approximate surface area is 119 Å². The van der Waals surface area contributed by atoms with Crippen LogP contribution in [0.1, 0.15) is 0 Å². The molecule has 2 heterocycles. The lowest BCUT2D eigenvalue weighted by Gasteiger charge is -2.02. The molecule has 2 N–H and O–H groups in total. The van der Waals surface area contributed by atoms with E-state index in [4.69, 9.17) is 4.42 Å². The fraction of sp³-hybridized carbons (Fsp3) is 0. The smallest absolute Gasteiger partial charge is 0.193 e. The summed E-state index contributed by atoms with van der Waals surface area (Å²) in [6.07, 6.45) is 1.83. The molecular weight excluding hydrogens is 266 g/mol. The molecule has 4 rings (SSSR count). The van der Waals surface area contributed by atoms with E-state index in [-0.39, 0.29) is 11.2 Å². The summed E-state index contributed by atoms with van der Waals surface area (Å²) >= 11 is 0. The Balaban J connectivity index is 2.03. The van der Waals surface area contributed by atoms with Gasteiger partial charge in [0.15, 0.2) is 5.43 Å². The first-order valence-electron chi connectivity index (χ1n) is 6.56. The van der Waals surface area contributed by atoms with Gasteiger partial charge in [-0.05, 0) is 24.3 Å². The number of nitrogens with one attached hydrogen (secondary N) is 1. The molecule has 21 heavy (non-hydrogen) atoms. The van der Waals surface area contributed by atoms with Crippen LogP contribution in [0.25, 0.3) is 33.2 Å². The SMILES string of the molecule is O=c1cc(-c2c[nH]c3ccccc23)oc2ccc(O)cc12. The Hall–Kier alpha value is -3.01. The van der Waals surface area contributed by atoms with Crippen molar-refractivity contribution < 1.29 is 9.52 Å². The van der Waals surface area contributed by atoms with Crippen molar-refractivity contribution in [2.45, 2.75) is 0 Å². The first-order valence-corrected chi connectivity index (χ1v) is 6.56. The number of H-pyrrole nitrogens is 1. The zero-order chi connectivity index (χ0) is 14.4. The molecule has 0 atom stereocenters. The third-order valence-electron chi connectivity index (χ3n) is 3.57. The Morgan fingerprint density at radius 2 is 1.86 bits per heavy atom. The van der Waals surface area contributed by atoms with E-state index in [0.29, 0.717) is 16.7 Å². The van der Waals surface area contributed by atoms with E-state index in [2.05, 4.69) is 4.98 Å². The standard InChI is InChI=1S/C17H11NO3/c19-10-5-6-16-12(7-10)15(20)8-17(21-16)13-9-18-14-4-2-1-3-11(13)14/h1-9,18-19H. The van der Waals surface area contributed by atoms with Crippen LogP contribution in [0.5, 0.6) is 5.75 Å². The van der Waals surface area contributed by atoms with Gasteiger partial charge in [0.25, 0.3) is 0 Å². The van der Waals surface area contributed by atoms with E-state index in [1.54, 1.807) is 6.07 Å². The quantitative estimate of drug-likeness (QED) is 0.558. The Morgan fingerprint density at radius 3 is 2.76 bits per heavy atom. The number of aromatic nitrogens is 1. The second-order valence-electron chi connectivity index (χ2n) is 4.90. The van der Waals surface area contributed by atoms with Crippen LogP contribution >= 0.6 is 0 Å². The monoisotopic (exact) mass is 277 g/mol. The molecule has 2 aromatic heterocycles. The van der Waals surface area contributed by atoms with Crippen molar-refractivity contribution in [2.24, 2.45) is 0 Å². The molecule has 4 heteroatoms. The van der Waals surface area contributed by atoms with E-state index < -0.39 is 0 Å². The van der Waals surface area contributed by atoms with Crippen LogP contribution in [-0.4, -0.2) is 10.1 Å². The molecule has 102 valence electrons. The molecule has 0 aliphatic rings. The molecule has 0 radical (unpaired) electrons. The number of para-hydroxylation sites is 1. The van der Waals surface area contributed by atoms with Crippen molar-refractivity contribution in [1.82, 2.24) is 4.98 Å². The van der Waals surface area contributed by atoms with Crippen LogP contribution in [-0.2, 0) is 0 Å². The molecular formula is C17H11NO3. The number of aromatic amines is 1. The van der Waals surface area contributed by atoms with Gasteiger partial charge in [-0.2, -0.15) is 0 Å². The van der Waals surface area contributed by atoms with Crippen LogP contribution in [0.3, 0.4) is 0 Å². The third-order valence-corrected chi connectivity index (χ3v) is 3.57. The number of aromatic hydroxyl groups is 1. The molecule has 0 saturated heterocycles. The van der Waals surface area contributed by atoms with Crippen molar-refractivity contribution in [3.63, 3.8) is 0 Å². The largest absolute Gasteiger partial charge is 0.508 e. The third kappa shape index (κ3) is 1.80. The average Bonchev–Trinajstić information content (AvgIpc) is 2.92. The summed E-state index contributed by atoms with van der Waals surface area (Å²) in [6, 6.07) is 13.8. The molecule has 0 unspecified atom stereocenters. The summed E-state index contributed by atoms with van der Waals surface area (Å²) in [4.78, 5) is 15.4. The maximum Gasteiger partial charge on any atom is 0.193 e. The fourth-order valence-corrected chi connectivity index (χ4v) is 2.55. The zero-order valence-electron chi connectivity index (χ0n) is 11.0. The minimum Gasteiger partial charge on any atom is -0.508 e. The molecule has 0 amide bonds. The number of hydrogen-bond acceptors (Lipinski definition) is 3. The molecule has 2 aromatic carbocycles. The van der Waals surface area contributed by atoms with Crippen LogP contribution < -0.4 is 5.43 Å². The summed E-state index contributed by atoms with van der Waals surface area (Å²) in [7, 11) is 0. The lowest BCUT2D eigenvalue weighted by molar-refractivity contribution is 0.475. The summed E-state index contributed by atoms with van der Waals surface area (Å²) in [5, 5.41) is 10.8. The number of fused-ring (bicyclic) bond motifs is 2. The summed E-state index contributed by atoms with van der Waals surface area (Å²) in [5.74, 6) is 0.560. The minimum absolute atomic E-state index is 0.0506. The van der Waals surface area contributed by atoms with E-state index in [1.807, 2.05) is 30.5 Å². The molecule has 4 nitrogen and oxygen atoms in total. The van der Waals surface area contributed by atoms with Crippen molar-refractivity contribution in [2.75, 3.05) is 0 Å². The molecule has 0 spiro atoms. The van der Waals surface area contributed by atoms with E-state index in [1.165, 1.54) is 18.2 Å². The maximum atomic E-state index is 12.2. The van der Waals surface area contributed by atoms with Gasteiger partial charge in [0.2, 0.25) is 0 Å². The Kier molecular flexibility index (Phi) is 2.38. The van der Waals surface area contributed by atoms with Gasteiger partial charge in [0, 0.05) is 28.7 Å². The van der Waals surface area contributed by atoms with Gasteiger partial charge in [0.1, 0.15) is 17.1 Å². The molecule has 0 aliphatic carbocycles. The van der Waals surface area contributed by atoms with E-state index >= 15 is 0 Å². The van der Waals surface area contributed by atoms with Crippen LogP contribution in [0.15, 0.2) is 63.9 Å². The predicted octanol–water partition coefficient (Wildman–Crippen LogP) is 3.65. The second-order valence-corrected chi connectivity index (χ2v) is 4.90. The second kappa shape index (κ2) is 4.24. The number of phenolic OH excluding ortho intramolecular Hbond substituents is 1. The first-order chi connectivity index (χ1) is 10.2. The Bertz CT molecular complexity index is 1030. The van der Waals surface area contributed by atoms with Gasteiger partial charge in [-0.3, -0.25) is 4.79 Å². The minimum atomic E-state index is -0.174. The normalized spacial score (nSPS) is 11.2. The average molecular weight is 277 g/mol. The molecule has 0 saturated carbocycles. The lowest BCUT2D eigenvalue weighted by Crippen LogP contribution is -1.99. The highest BCUT2D eigenvalue weighted by atomic mass is 16.3. The van der Waals surface area contributed by atoms with Crippen molar-refractivity contribution in [3.8, 4) is 17.1 Å². The van der Waals surface area contributed by atoms with Gasteiger partial charge in [-0.15, -0.1) is 0 Å². The van der Waals surface area contributed by atoms with Gasteiger partial charge >= 0.3 is 0 Å². The van der Waals surface area contributed by atoms with Gasteiger partial charge < -0.3 is 14.5 Å². The van der Waals surface area contributed by atoms with Crippen molar-refractivity contribution >= 4 is 21.9 Å². The maximum absolute atomic E-state index is 12.2. The highest BCUT2D eigenvalue weighted by molar-refractivity contribution is 5.94. The van der Waals surface area contributed by atoms with Crippen LogP contribution in [0.2, 0.25) is 0 Å². The summed E-state index contributed by atoms with van der Waals surface area (Å²) in [5.41, 5.74) is 2.12. The topological polar surface area (TPSA) is 66.2 Å². The highest BCUT2D eigenvalue weighted by Gasteiger charge is 2.11. The van der Waals surface area contributed by atoms with Crippen molar-refractivity contribution in [1.29, 1.82) is 0 Å². The molecule has 0 fully saturated rings. The van der Waals surface area contributed by atoms with Crippen molar-refractivity contribution in [3.05, 3.63) is 65.0 Å². The summed E-state index contributed by atoms with van der Waals surface area (Å²) in [6.45, 7) is 0. The fourth-order valence-electron chi connectivity index (χ4n) is 2.55. The van der Waals surface area contributed by atoms with Crippen LogP contribution in [0, 0.1) is 0 Å². The number of phenols is 1. The van der Waals surface area contributed by atoms with E-state index in [0.717, 1.165) is 16.5 Å². The predicted molar refractivity (Wildman–Crippen MR) is 81.4 cm³/mol. The highest BCUT2D eigenvalue weighted by Crippen LogP contribution is 2.29. The molecule has 0 aliphatic heterocycles. The van der Waals surface area contributed by atoms with Crippen LogP contribution in [0.4, 0.5) is 0 Å². The lowest BCUT2D eigenvalue weighted by atomic mass is 10.1. The first kappa shape index (κ1) is 11.8. The number of hydrogen-bond donors (Lipinski definition) is 2. The summed E-state index contributed by atoms with van der Waals surface area (Å²) < 4.78 is 5.82.